The fourth-order valence-corrected chi connectivity index (χ4v) is 2.30. The molecular formula is C19H27N3O3. The zero-order valence-corrected chi connectivity index (χ0v) is 15.6. The van der Waals surface area contributed by atoms with Gasteiger partial charge in [-0.25, -0.2) is 0 Å². The molecule has 0 bridgehead atoms. The van der Waals surface area contributed by atoms with E-state index in [-0.39, 0.29) is 18.2 Å². The van der Waals surface area contributed by atoms with Crippen LogP contribution in [0.3, 0.4) is 0 Å². The van der Waals surface area contributed by atoms with Crippen molar-refractivity contribution in [2.24, 2.45) is 4.99 Å². The molecular weight excluding hydrogens is 318 g/mol. The molecule has 6 heteroatoms. The first kappa shape index (κ1) is 20.5. The molecule has 136 valence electrons. The van der Waals surface area contributed by atoms with Crippen molar-refractivity contribution in [2.45, 2.75) is 59.9 Å². The van der Waals surface area contributed by atoms with Gasteiger partial charge in [-0.2, -0.15) is 0 Å². The third-order valence-corrected chi connectivity index (χ3v) is 3.44. The van der Waals surface area contributed by atoms with Crippen LogP contribution in [0, 0.1) is 6.92 Å². The number of hydrogen-bond donors (Lipinski definition) is 2. The average Bonchev–Trinajstić information content (AvgIpc) is 2.52. The van der Waals surface area contributed by atoms with Crippen LogP contribution in [0.2, 0.25) is 0 Å². The molecule has 2 N–H and O–H groups in total. The largest absolute Gasteiger partial charge is 0.340 e. The Morgan fingerprint density at radius 1 is 1.28 bits per heavy atom. The van der Waals surface area contributed by atoms with E-state index >= 15 is 0 Å². The van der Waals surface area contributed by atoms with E-state index < -0.39 is 11.9 Å². The molecule has 0 aliphatic carbocycles. The van der Waals surface area contributed by atoms with Gasteiger partial charge in [0.2, 0.25) is 11.8 Å². The number of piperidine rings is 1. The Kier molecular flexibility index (Phi) is 7.98. The molecule has 0 radical (unpaired) electrons. The summed E-state index contributed by atoms with van der Waals surface area (Å²) >= 11 is 0. The van der Waals surface area contributed by atoms with Gasteiger partial charge in [0.15, 0.2) is 0 Å². The molecule has 1 aromatic rings. The maximum Gasteiger partial charge on any atom is 0.252 e. The van der Waals surface area contributed by atoms with Gasteiger partial charge in [-0.3, -0.25) is 24.7 Å². The quantitative estimate of drug-likeness (QED) is 0.652. The summed E-state index contributed by atoms with van der Waals surface area (Å²) in [5, 5.41) is 4.90. The Labute approximate surface area is 149 Å². The summed E-state index contributed by atoms with van der Waals surface area (Å²) in [5.41, 5.74) is 2.86. The summed E-state index contributed by atoms with van der Waals surface area (Å²) in [7, 11) is 0. The first-order valence-corrected chi connectivity index (χ1v) is 8.56. The molecule has 6 nitrogen and oxygen atoms in total. The van der Waals surface area contributed by atoms with Crippen LogP contribution < -0.4 is 10.6 Å². The van der Waals surface area contributed by atoms with Gasteiger partial charge < -0.3 is 5.32 Å². The second-order valence-electron chi connectivity index (χ2n) is 6.19. The highest BCUT2D eigenvalue weighted by atomic mass is 16.2. The van der Waals surface area contributed by atoms with Crippen molar-refractivity contribution in [1.82, 2.24) is 10.6 Å². The van der Waals surface area contributed by atoms with E-state index in [1.165, 1.54) is 6.42 Å². The lowest BCUT2D eigenvalue weighted by Gasteiger charge is -2.22. The minimum atomic E-state index is -0.676. The van der Waals surface area contributed by atoms with Gasteiger partial charge >= 0.3 is 0 Å². The third kappa shape index (κ3) is 6.14. The standard InChI is InChI=1S/C16H19N3O3.C3H8/c1-9(2)17-12-6-4-5-11(10(12)3)15(21)18-13-7-8-14(20)19-16(13)22;1-3-2/h4-6,13H,7-8H2,1-3H3,(H,18,21)(H,19,20,22);3H2,1-2H3. The lowest BCUT2D eigenvalue weighted by Crippen LogP contribution is -2.52. The van der Waals surface area contributed by atoms with Crippen LogP contribution in [-0.2, 0) is 9.59 Å². The lowest BCUT2D eigenvalue weighted by atomic mass is 10.0. The molecule has 0 aromatic heterocycles. The van der Waals surface area contributed by atoms with Crippen LogP contribution in [0.5, 0.6) is 0 Å². The zero-order valence-electron chi connectivity index (χ0n) is 15.6. The lowest BCUT2D eigenvalue weighted by molar-refractivity contribution is -0.134. The van der Waals surface area contributed by atoms with Crippen molar-refractivity contribution < 1.29 is 14.4 Å². The van der Waals surface area contributed by atoms with E-state index in [9.17, 15) is 14.4 Å². The molecule has 1 atom stereocenters. The minimum Gasteiger partial charge on any atom is -0.340 e. The maximum absolute atomic E-state index is 12.4. The van der Waals surface area contributed by atoms with Gasteiger partial charge in [0.1, 0.15) is 6.04 Å². The first-order chi connectivity index (χ1) is 11.8. The third-order valence-electron chi connectivity index (χ3n) is 3.44. The summed E-state index contributed by atoms with van der Waals surface area (Å²) in [5.74, 6) is -1.10. The van der Waals surface area contributed by atoms with E-state index in [2.05, 4.69) is 29.5 Å². The molecule has 0 spiro atoms. The molecule has 1 aliphatic heterocycles. The topological polar surface area (TPSA) is 87.6 Å². The van der Waals surface area contributed by atoms with Crippen LogP contribution in [0.4, 0.5) is 5.69 Å². The molecule has 25 heavy (non-hydrogen) atoms. The number of benzene rings is 1. The van der Waals surface area contributed by atoms with E-state index in [0.29, 0.717) is 12.0 Å². The number of aliphatic imine (C=N–C) groups is 1. The summed E-state index contributed by atoms with van der Waals surface area (Å²) in [6, 6.07) is 4.62. The van der Waals surface area contributed by atoms with Crippen molar-refractivity contribution in [3.63, 3.8) is 0 Å². The molecule has 1 unspecified atom stereocenters. The number of imide groups is 1. The van der Waals surface area contributed by atoms with Gasteiger partial charge in [0.05, 0.1) is 5.69 Å². The van der Waals surface area contributed by atoms with Crippen molar-refractivity contribution >= 4 is 29.1 Å². The molecule has 1 aliphatic rings. The van der Waals surface area contributed by atoms with Gasteiger partial charge in [0.25, 0.3) is 5.91 Å². The number of amides is 3. The number of hydrogen-bond acceptors (Lipinski definition) is 4. The minimum absolute atomic E-state index is 0.231. The van der Waals surface area contributed by atoms with Gasteiger partial charge in [-0.1, -0.05) is 26.3 Å². The van der Waals surface area contributed by atoms with Crippen LogP contribution in [-0.4, -0.2) is 29.5 Å². The van der Waals surface area contributed by atoms with Gasteiger partial charge in [-0.15, -0.1) is 0 Å². The fraction of sp³-hybridized carbons (Fsp3) is 0.474. The molecule has 1 saturated heterocycles. The van der Waals surface area contributed by atoms with Crippen LogP contribution in [0.1, 0.15) is 62.9 Å². The Bertz CT molecular complexity index is 676. The second-order valence-corrected chi connectivity index (χ2v) is 6.19. The van der Waals surface area contributed by atoms with E-state index in [1.807, 2.05) is 26.8 Å². The molecule has 0 saturated carbocycles. The highest BCUT2D eigenvalue weighted by Gasteiger charge is 2.28. The highest BCUT2D eigenvalue weighted by Crippen LogP contribution is 2.22. The van der Waals surface area contributed by atoms with Gasteiger partial charge in [0, 0.05) is 17.7 Å². The van der Waals surface area contributed by atoms with E-state index in [4.69, 9.17) is 0 Å². The van der Waals surface area contributed by atoms with Crippen molar-refractivity contribution in [1.29, 1.82) is 0 Å². The van der Waals surface area contributed by atoms with Crippen LogP contribution >= 0.6 is 0 Å². The number of carbonyl (C=O) groups excluding carboxylic acids is 3. The SMILES string of the molecule is CC(C)=Nc1cccc(C(=O)NC2CCC(=O)NC2=O)c1C.CCC. The summed E-state index contributed by atoms with van der Waals surface area (Å²) in [4.78, 5) is 39.6. The normalized spacial score (nSPS) is 16.3. The molecule has 2 rings (SSSR count). The predicted molar refractivity (Wildman–Crippen MR) is 99.2 cm³/mol. The van der Waals surface area contributed by atoms with Crippen molar-refractivity contribution in [3.8, 4) is 0 Å². The van der Waals surface area contributed by atoms with Crippen LogP contribution in [0.25, 0.3) is 0 Å². The average molecular weight is 345 g/mol. The fourth-order valence-electron chi connectivity index (χ4n) is 2.30. The van der Waals surface area contributed by atoms with E-state index in [0.717, 1.165) is 17.0 Å². The summed E-state index contributed by atoms with van der Waals surface area (Å²) < 4.78 is 0. The molecule has 1 aromatic carbocycles. The Hall–Kier alpha value is -2.50. The predicted octanol–water partition coefficient (Wildman–Crippen LogP) is 3.06. The first-order valence-electron chi connectivity index (χ1n) is 8.56. The number of nitrogens with one attached hydrogen (secondary N) is 2. The number of rotatable bonds is 3. The monoisotopic (exact) mass is 345 g/mol. The van der Waals surface area contributed by atoms with Gasteiger partial charge in [-0.05, 0) is 44.9 Å². The molecule has 3 amide bonds. The summed E-state index contributed by atoms with van der Waals surface area (Å²) in [6.45, 7) is 9.84. The molecule has 1 fully saturated rings. The Balaban J connectivity index is 0.000000970. The highest BCUT2D eigenvalue weighted by molar-refractivity contribution is 6.04. The summed E-state index contributed by atoms with van der Waals surface area (Å²) in [6.07, 6.45) is 1.80. The Morgan fingerprint density at radius 2 is 1.92 bits per heavy atom. The molecule has 1 heterocycles. The zero-order chi connectivity index (χ0) is 19.0. The Morgan fingerprint density at radius 3 is 2.48 bits per heavy atom. The number of nitrogens with zero attached hydrogens (tertiary/aromatic N) is 1. The number of carbonyl (C=O) groups is 3. The maximum atomic E-state index is 12.4. The van der Waals surface area contributed by atoms with Crippen molar-refractivity contribution in [3.05, 3.63) is 29.3 Å². The second kappa shape index (κ2) is 9.71. The smallest absolute Gasteiger partial charge is 0.252 e. The van der Waals surface area contributed by atoms with Crippen LogP contribution in [0.15, 0.2) is 23.2 Å². The van der Waals surface area contributed by atoms with E-state index in [1.54, 1.807) is 12.1 Å². The van der Waals surface area contributed by atoms with Crippen molar-refractivity contribution in [2.75, 3.05) is 0 Å².